The fourth-order valence-corrected chi connectivity index (χ4v) is 2.03. The molecule has 2 aromatic rings. The number of aryl methyl sites for hydroxylation is 1. The summed E-state index contributed by atoms with van der Waals surface area (Å²) in [5, 5.41) is 14.0. The van der Waals surface area contributed by atoms with Gasteiger partial charge in [0.1, 0.15) is 6.33 Å². The summed E-state index contributed by atoms with van der Waals surface area (Å²) >= 11 is 0. The van der Waals surface area contributed by atoms with Gasteiger partial charge in [-0.2, -0.15) is 0 Å². The maximum atomic E-state index is 12.3. The second kappa shape index (κ2) is 7.42. The van der Waals surface area contributed by atoms with Gasteiger partial charge in [0.15, 0.2) is 5.82 Å². The van der Waals surface area contributed by atoms with Gasteiger partial charge in [0.25, 0.3) is 5.91 Å². The molecule has 6 nitrogen and oxygen atoms in total. The molecular formula is C15H21N5O. The summed E-state index contributed by atoms with van der Waals surface area (Å²) < 4.78 is 1.90. The zero-order chi connectivity index (χ0) is 15.1. The van der Waals surface area contributed by atoms with E-state index >= 15 is 0 Å². The quantitative estimate of drug-likeness (QED) is 0.817. The second-order valence-corrected chi connectivity index (χ2v) is 4.69. The van der Waals surface area contributed by atoms with Gasteiger partial charge in [0.2, 0.25) is 0 Å². The normalized spacial score (nSPS) is 10.4. The Balaban J connectivity index is 2.03. The van der Waals surface area contributed by atoms with Crippen LogP contribution in [0.15, 0.2) is 30.6 Å². The fourth-order valence-electron chi connectivity index (χ4n) is 2.03. The summed E-state index contributed by atoms with van der Waals surface area (Å²) in [7, 11) is 0. The molecule has 0 aliphatic heterocycles. The number of anilines is 1. The standard InChI is InChI=1S/C15H21N5O/c1-3-9-16-13-8-6-5-7-12(13)15(21)17-10-14-19-18-11-20(14)4-2/h5-8,11,16H,3-4,9-10H2,1-2H3,(H,17,21). The van der Waals surface area contributed by atoms with Crippen molar-refractivity contribution < 1.29 is 4.79 Å². The van der Waals surface area contributed by atoms with E-state index in [4.69, 9.17) is 0 Å². The molecule has 0 aliphatic rings. The van der Waals surface area contributed by atoms with Crippen LogP contribution >= 0.6 is 0 Å². The predicted molar refractivity (Wildman–Crippen MR) is 82.1 cm³/mol. The van der Waals surface area contributed by atoms with Crippen molar-refractivity contribution in [1.82, 2.24) is 20.1 Å². The van der Waals surface area contributed by atoms with Gasteiger partial charge in [-0.25, -0.2) is 0 Å². The van der Waals surface area contributed by atoms with Gasteiger partial charge in [-0.15, -0.1) is 10.2 Å². The summed E-state index contributed by atoms with van der Waals surface area (Å²) in [5.74, 6) is 0.643. The molecule has 1 aromatic carbocycles. The van der Waals surface area contributed by atoms with Crippen LogP contribution in [0.4, 0.5) is 5.69 Å². The number of nitrogens with one attached hydrogen (secondary N) is 2. The smallest absolute Gasteiger partial charge is 0.253 e. The van der Waals surface area contributed by atoms with Crippen LogP contribution in [0.25, 0.3) is 0 Å². The number of aromatic nitrogens is 3. The number of nitrogens with zero attached hydrogens (tertiary/aromatic N) is 3. The van der Waals surface area contributed by atoms with Gasteiger partial charge in [0, 0.05) is 18.8 Å². The molecule has 0 radical (unpaired) electrons. The van der Waals surface area contributed by atoms with Crippen molar-refractivity contribution in [2.45, 2.75) is 33.4 Å². The highest BCUT2D eigenvalue weighted by Crippen LogP contribution is 2.15. The van der Waals surface area contributed by atoms with Crippen LogP contribution in [0.5, 0.6) is 0 Å². The second-order valence-electron chi connectivity index (χ2n) is 4.69. The number of benzene rings is 1. The molecule has 0 fully saturated rings. The molecule has 1 aromatic heterocycles. The minimum Gasteiger partial charge on any atom is -0.384 e. The van der Waals surface area contributed by atoms with Crippen molar-refractivity contribution in [3.63, 3.8) is 0 Å². The van der Waals surface area contributed by atoms with Crippen molar-refractivity contribution in [2.75, 3.05) is 11.9 Å². The SMILES string of the molecule is CCCNc1ccccc1C(=O)NCc1nncn1CC. The Morgan fingerprint density at radius 3 is 2.86 bits per heavy atom. The molecule has 0 aliphatic carbocycles. The van der Waals surface area contributed by atoms with Crippen LogP contribution < -0.4 is 10.6 Å². The van der Waals surface area contributed by atoms with Gasteiger partial charge in [-0.05, 0) is 25.5 Å². The fraction of sp³-hybridized carbons (Fsp3) is 0.400. The first kappa shape index (κ1) is 15.0. The van der Waals surface area contributed by atoms with E-state index in [-0.39, 0.29) is 5.91 Å². The monoisotopic (exact) mass is 287 g/mol. The molecule has 0 spiro atoms. The van der Waals surface area contributed by atoms with E-state index in [1.807, 2.05) is 35.8 Å². The van der Waals surface area contributed by atoms with Crippen LogP contribution in [0, 0.1) is 0 Å². The molecule has 1 heterocycles. The number of carbonyl (C=O) groups excluding carboxylic acids is 1. The van der Waals surface area contributed by atoms with Crippen molar-refractivity contribution in [3.8, 4) is 0 Å². The Morgan fingerprint density at radius 1 is 1.29 bits per heavy atom. The minimum absolute atomic E-state index is 0.111. The van der Waals surface area contributed by atoms with E-state index in [2.05, 4.69) is 27.8 Å². The maximum Gasteiger partial charge on any atom is 0.253 e. The number of amides is 1. The van der Waals surface area contributed by atoms with Gasteiger partial charge >= 0.3 is 0 Å². The van der Waals surface area contributed by atoms with Crippen molar-refractivity contribution >= 4 is 11.6 Å². The first-order chi connectivity index (χ1) is 10.3. The van der Waals surface area contributed by atoms with Gasteiger partial charge in [-0.3, -0.25) is 4.79 Å². The number of para-hydroxylation sites is 1. The average Bonchev–Trinajstić information content (AvgIpc) is 2.98. The first-order valence-corrected chi connectivity index (χ1v) is 7.24. The largest absolute Gasteiger partial charge is 0.384 e. The molecule has 1 amide bonds. The van der Waals surface area contributed by atoms with Crippen molar-refractivity contribution in [2.24, 2.45) is 0 Å². The summed E-state index contributed by atoms with van der Waals surface area (Å²) in [5.41, 5.74) is 1.50. The number of rotatable bonds is 7. The first-order valence-electron chi connectivity index (χ1n) is 7.24. The topological polar surface area (TPSA) is 71.8 Å². The lowest BCUT2D eigenvalue weighted by atomic mass is 10.1. The molecule has 6 heteroatoms. The summed E-state index contributed by atoms with van der Waals surface area (Å²) in [6.07, 6.45) is 2.67. The van der Waals surface area contributed by atoms with E-state index in [1.54, 1.807) is 6.33 Å². The summed E-state index contributed by atoms with van der Waals surface area (Å²) in [4.78, 5) is 12.3. The molecule has 0 unspecified atom stereocenters. The van der Waals surface area contributed by atoms with Crippen LogP contribution in [0.2, 0.25) is 0 Å². The lowest BCUT2D eigenvalue weighted by molar-refractivity contribution is 0.0950. The molecule has 0 atom stereocenters. The molecular weight excluding hydrogens is 266 g/mol. The van der Waals surface area contributed by atoms with Crippen LogP contribution in [-0.2, 0) is 13.1 Å². The molecule has 112 valence electrons. The van der Waals surface area contributed by atoms with Crippen LogP contribution in [-0.4, -0.2) is 27.2 Å². The Morgan fingerprint density at radius 2 is 2.10 bits per heavy atom. The number of hydrogen-bond acceptors (Lipinski definition) is 4. The highest BCUT2D eigenvalue weighted by molar-refractivity contribution is 5.99. The summed E-state index contributed by atoms with van der Waals surface area (Å²) in [6.45, 7) is 6.10. The number of carbonyl (C=O) groups is 1. The van der Waals surface area contributed by atoms with E-state index < -0.39 is 0 Å². The summed E-state index contributed by atoms with van der Waals surface area (Å²) in [6, 6.07) is 7.51. The predicted octanol–water partition coefficient (Wildman–Crippen LogP) is 2.05. The van der Waals surface area contributed by atoms with Gasteiger partial charge in [-0.1, -0.05) is 19.1 Å². The van der Waals surface area contributed by atoms with E-state index in [9.17, 15) is 4.79 Å². The third-order valence-electron chi connectivity index (χ3n) is 3.18. The third-order valence-corrected chi connectivity index (χ3v) is 3.18. The highest BCUT2D eigenvalue weighted by Gasteiger charge is 2.11. The van der Waals surface area contributed by atoms with E-state index in [1.165, 1.54) is 0 Å². The van der Waals surface area contributed by atoms with Crippen LogP contribution in [0.1, 0.15) is 36.5 Å². The van der Waals surface area contributed by atoms with Gasteiger partial charge in [0.05, 0.1) is 12.1 Å². The highest BCUT2D eigenvalue weighted by atomic mass is 16.1. The van der Waals surface area contributed by atoms with E-state index in [0.29, 0.717) is 12.1 Å². The zero-order valence-corrected chi connectivity index (χ0v) is 12.5. The molecule has 21 heavy (non-hydrogen) atoms. The van der Waals surface area contributed by atoms with Crippen LogP contribution in [0.3, 0.4) is 0 Å². The Bertz CT molecular complexity index is 593. The molecule has 2 N–H and O–H groups in total. The average molecular weight is 287 g/mol. The third kappa shape index (κ3) is 3.81. The zero-order valence-electron chi connectivity index (χ0n) is 12.5. The number of hydrogen-bond donors (Lipinski definition) is 2. The Hall–Kier alpha value is -2.37. The lowest BCUT2D eigenvalue weighted by Gasteiger charge is -2.11. The maximum absolute atomic E-state index is 12.3. The molecule has 0 saturated carbocycles. The molecule has 0 saturated heterocycles. The van der Waals surface area contributed by atoms with Crippen molar-refractivity contribution in [3.05, 3.63) is 42.0 Å². The van der Waals surface area contributed by atoms with Gasteiger partial charge < -0.3 is 15.2 Å². The lowest BCUT2D eigenvalue weighted by Crippen LogP contribution is -2.25. The molecule has 0 bridgehead atoms. The van der Waals surface area contributed by atoms with E-state index in [0.717, 1.165) is 31.0 Å². The Kier molecular flexibility index (Phi) is 5.31. The molecule has 2 rings (SSSR count). The Labute approximate surface area is 124 Å². The minimum atomic E-state index is -0.111. The van der Waals surface area contributed by atoms with Crippen molar-refractivity contribution in [1.29, 1.82) is 0 Å².